The number of hydrogen-bond donors (Lipinski definition) is 0. The summed E-state index contributed by atoms with van der Waals surface area (Å²) in [6, 6.07) is 16.9. The van der Waals surface area contributed by atoms with Crippen LogP contribution in [0.4, 0.5) is 10.3 Å². The zero-order chi connectivity index (χ0) is 23.3. The standard InChI is InChI=1S/C24H26FN5O2S2/c25-20-9-5-4-8-19(20)22-29(12-15-33-22)21(31)17-34-24-27-26-23(28-10-13-32-14-11-28)30(24)16-18-6-2-1-3-7-18/h1-9,22H,10-17H2/t22-/m1/s1. The Morgan fingerprint density at radius 2 is 1.82 bits per heavy atom. The second-order valence-corrected chi connectivity index (χ2v) is 10.2. The minimum atomic E-state index is -0.291. The summed E-state index contributed by atoms with van der Waals surface area (Å²) in [4.78, 5) is 17.1. The maximum atomic E-state index is 14.4. The molecule has 178 valence electrons. The van der Waals surface area contributed by atoms with E-state index in [-0.39, 0.29) is 22.9 Å². The number of carbonyl (C=O) groups excluding carboxylic acids is 1. The van der Waals surface area contributed by atoms with E-state index in [4.69, 9.17) is 4.74 Å². The van der Waals surface area contributed by atoms with Crippen LogP contribution in [-0.2, 0) is 16.1 Å². The summed E-state index contributed by atoms with van der Waals surface area (Å²) in [5.74, 6) is 1.51. The molecule has 3 aromatic rings. The fourth-order valence-electron chi connectivity index (χ4n) is 4.16. The van der Waals surface area contributed by atoms with E-state index < -0.39 is 0 Å². The second kappa shape index (κ2) is 10.8. The number of benzene rings is 2. The molecule has 1 atom stereocenters. The molecule has 2 saturated heterocycles. The van der Waals surface area contributed by atoms with E-state index >= 15 is 0 Å². The van der Waals surface area contributed by atoms with E-state index in [1.165, 1.54) is 17.8 Å². The Morgan fingerprint density at radius 1 is 1.06 bits per heavy atom. The van der Waals surface area contributed by atoms with Gasteiger partial charge in [0.2, 0.25) is 11.9 Å². The van der Waals surface area contributed by atoms with Crippen molar-refractivity contribution in [3.63, 3.8) is 0 Å². The molecule has 34 heavy (non-hydrogen) atoms. The molecule has 3 heterocycles. The summed E-state index contributed by atoms with van der Waals surface area (Å²) in [6.45, 7) is 4.05. The number of rotatable bonds is 7. The molecular formula is C24H26FN5O2S2. The Labute approximate surface area is 206 Å². The molecule has 0 saturated carbocycles. The lowest BCUT2D eigenvalue weighted by Crippen LogP contribution is -2.38. The van der Waals surface area contributed by atoms with Crippen molar-refractivity contribution in [2.24, 2.45) is 0 Å². The van der Waals surface area contributed by atoms with Crippen LogP contribution in [0.5, 0.6) is 0 Å². The van der Waals surface area contributed by atoms with Gasteiger partial charge in [0, 0.05) is 31.0 Å². The lowest BCUT2D eigenvalue weighted by atomic mass is 10.2. The Kier molecular flexibility index (Phi) is 7.36. The van der Waals surface area contributed by atoms with E-state index in [1.807, 2.05) is 24.3 Å². The van der Waals surface area contributed by atoms with Gasteiger partial charge in [-0.3, -0.25) is 9.36 Å². The van der Waals surface area contributed by atoms with Gasteiger partial charge in [0.1, 0.15) is 11.2 Å². The number of thioether (sulfide) groups is 2. The fraction of sp³-hybridized carbons (Fsp3) is 0.375. The van der Waals surface area contributed by atoms with E-state index in [1.54, 1.807) is 28.8 Å². The zero-order valence-electron chi connectivity index (χ0n) is 18.7. The number of anilines is 1. The normalized spacial score (nSPS) is 18.4. The Balaban J connectivity index is 1.33. The Bertz CT molecular complexity index is 1120. The average molecular weight is 500 g/mol. The van der Waals surface area contributed by atoms with Gasteiger partial charge in [-0.25, -0.2) is 4.39 Å². The summed E-state index contributed by atoms with van der Waals surface area (Å²) in [6.07, 6.45) is 0. The maximum Gasteiger partial charge on any atom is 0.234 e. The molecule has 7 nitrogen and oxygen atoms in total. The van der Waals surface area contributed by atoms with Crippen molar-refractivity contribution < 1.29 is 13.9 Å². The van der Waals surface area contributed by atoms with Crippen molar-refractivity contribution in [2.45, 2.75) is 17.1 Å². The number of hydrogen-bond acceptors (Lipinski definition) is 7. The summed E-state index contributed by atoms with van der Waals surface area (Å²) in [5, 5.41) is 9.31. The Morgan fingerprint density at radius 3 is 2.62 bits per heavy atom. The van der Waals surface area contributed by atoms with Gasteiger partial charge in [0.15, 0.2) is 5.16 Å². The summed E-state index contributed by atoms with van der Waals surface area (Å²) in [7, 11) is 0. The number of aromatic nitrogens is 3. The van der Waals surface area contributed by atoms with Gasteiger partial charge < -0.3 is 14.5 Å². The highest BCUT2D eigenvalue weighted by Gasteiger charge is 2.32. The number of nitrogens with zero attached hydrogens (tertiary/aromatic N) is 5. The van der Waals surface area contributed by atoms with Gasteiger partial charge >= 0.3 is 0 Å². The van der Waals surface area contributed by atoms with Gasteiger partial charge in [-0.15, -0.1) is 22.0 Å². The molecule has 0 spiro atoms. The number of halogens is 1. The van der Waals surface area contributed by atoms with Gasteiger partial charge in [-0.05, 0) is 11.6 Å². The number of amides is 1. The molecule has 1 aromatic heterocycles. The first kappa shape index (κ1) is 23.2. The number of ether oxygens (including phenoxy) is 1. The SMILES string of the molecule is O=C(CSc1nnc(N2CCOCC2)n1Cc1ccccc1)N1CCS[C@@H]1c1ccccc1F. The van der Waals surface area contributed by atoms with Crippen molar-refractivity contribution in [3.05, 3.63) is 71.5 Å². The molecule has 5 rings (SSSR count). The third kappa shape index (κ3) is 5.08. The summed E-state index contributed by atoms with van der Waals surface area (Å²) >= 11 is 2.98. The van der Waals surface area contributed by atoms with Crippen LogP contribution < -0.4 is 4.90 Å². The van der Waals surface area contributed by atoms with Crippen LogP contribution in [0.1, 0.15) is 16.5 Å². The monoisotopic (exact) mass is 499 g/mol. The quantitative estimate of drug-likeness (QED) is 0.460. The second-order valence-electron chi connectivity index (χ2n) is 8.07. The highest BCUT2D eigenvalue weighted by Crippen LogP contribution is 2.39. The van der Waals surface area contributed by atoms with Crippen LogP contribution >= 0.6 is 23.5 Å². The molecule has 0 unspecified atom stereocenters. The van der Waals surface area contributed by atoms with E-state index in [0.29, 0.717) is 37.0 Å². The molecule has 2 aliphatic rings. The first-order valence-corrected chi connectivity index (χ1v) is 13.3. The molecule has 2 aliphatic heterocycles. The largest absolute Gasteiger partial charge is 0.378 e. The van der Waals surface area contributed by atoms with Crippen LogP contribution in [0.15, 0.2) is 59.8 Å². The van der Waals surface area contributed by atoms with E-state index in [0.717, 1.165) is 30.4 Å². The van der Waals surface area contributed by atoms with Gasteiger partial charge in [0.05, 0.1) is 25.5 Å². The van der Waals surface area contributed by atoms with Crippen molar-refractivity contribution in [1.29, 1.82) is 0 Å². The van der Waals surface area contributed by atoms with Gasteiger partial charge in [-0.2, -0.15) is 0 Å². The van der Waals surface area contributed by atoms with Crippen molar-refractivity contribution in [3.8, 4) is 0 Å². The molecule has 0 aliphatic carbocycles. The third-order valence-electron chi connectivity index (χ3n) is 5.88. The Hall–Kier alpha value is -2.56. The molecule has 2 aromatic carbocycles. The molecule has 1 amide bonds. The highest BCUT2D eigenvalue weighted by atomic mass is 32.2. The van der Waals surface area contributed by atoms with Crippen molar-refractivity contribution in [2.75, 3.05) is 49.3 Å². The maximum absolute atomic E-state index is 14.4. The lowest BCUT2D eigenvalue weighted by molar-refractivity contribution is -0.128. The minimum Gasteiger partial charge on any atom is -0.378 e. The molecule has 2 fully saturated rings. The lowest BCUT2D eigenvalue weighted by Gasteiger charge is -2.28. The first-order valence-electron chi connectivity index (χ1n) is 11.3. The highest BCUT2D eigenvalue weighted by molar-refractivity contribution is 8.00. The number of morpholine rings is 1. The average Bonchev–Trinajstić information content (AvgIpc) is 3.52. The first-order chi connectivity index (χ1) is 16.7. The molecule has 0 bridgehead atoms. The van der Waals surface area contributed by atoms with Crippen LogP contribution in [0.25, 0.3) is 0 Å². The van der Waals surface area contributed by atoms with E-state index in [9.17, 15) is 9.18 Å². The third-order valence-corrected chi connectivity index (χ3v) is 8.08. The van der Waals surface area contributed by atoms with Crippen LogP contribution in [0.2, 0.25) is 0 Å². The van der Waals surface area contributed by atoms with Gasteiger partial charge in [0.25, 0.3) is 0 Å². The predicted molar refractivity (Wildman–Crippen MR) is 133 cm³/mol. The van der Waals surface area contributed by atoms with E-state index in [2.05, 4.69) is 31.8 Å². The van der Waals surface area contributed by atoms with Crippen LogP contribution in [0.3, 0.4) is 0 Å². The smallest absolute Gasteiger partial charge is 0.234 e. The molecular weight excluding hydrogens is 473 g/mol. The minimum absolute atomic E-state index is 0.0227. The molecule has 0 N–H and O–H groups in total. The zero-order valence-corrected chi connectivity index (χ0v) is 20.3. The number of carbonyl (C=O) groups is 1. The van der Waals surface area contributed by atoms with Crippen molar-refractivity contribution >= 4 is 35.4 Å². The van der Waals surface area contributed by atoms with Crippen LogP contribution in [-0.4, -0.2) is 69.9 Å². The summed E-state index contributed by atoms with van der Waals surface area (Å²) < 4.78 is 21.9. The summed E-state index contributed by atoms with van der Waals surface area (Å²) in [5.41, 5.74) is 1.70. The predicted octanol–water partition coefficient (Wildman–Crippen LogP) is 3.67. The van der Waals surface area contributed by atoms with Crippen LogP contribution in [0, 0.1) is 5.82 Å². The van der Waals surface area contributed by atoms with Gasteiger partial charge in [-0.1, -0.05) is 60.3 Å². The fourth-order valence-corrected chi connectivity index (χ4v) is 6.28. The molecule has 10 heteroatoms. The molecule has 0 radical (unpaired) electrons. The van der Waals surface area contributed by atoms with Crippen molar-refractivity contribution in [1.82, 2.24) is 19.7 Å². The topological polar surface area (TPSA) is 63.5 Å².